The van der Waals surface area contributed by atoms with Crippen molar-refractivity contribution in [3.05, 3.63) is 72.1 Å². The van der Waals surface area contributed by atoms with Crippen LogP contribution in [0.3, 0.4) is 0 Å². The quantitative estimate of drug-likeness (QED) is 0.471. The number of thiophene rings is 1. The molecule has 34 heavy (non-hydrogen) atoms. The molecule has 0 unspecified atom stereocenters. The largest absolute Gasteiger partial charge is 0.493 e. The lowest BCUT2D eigenvalue weighted by Crippen LogP contribution is -2.42. The van der Waals surface area contributed by atoms with Crippen LogP contribution in [0.5, 0.6) is 11.5 Å². The zero-order chi connectivity index (χ0) is 24.4. The van der Waals surface area contributed by atoms with Crippen molar-refractivity contribution in [1.29, 1.82) is 0 Å². The van der Waals surface area contributed by atoms with E-state index in [0.717, 1.165) is 16.0 Å². The van der Waals surface area contributed by atoms with E-state index < -0.39 is 17.0 Å². The Morgan fingerprint density at radius 1 is 1.24 bits per heavy atom. The van der Waals surface area contributed by atoms with E-state index in [1.807, 2.05) is 41.5 Å². The molecule has 0 amide bonds. The van der Waals surface area contributed by atoms with Gasteiger partial charge in [-0.25, -0.2) is 4.79 Å². The SMILES string of the molecule is CCCn1c(N)c(C(=O)CN2CCc3cc(OC)c(OC)cc3[C@H]2c2cccs2)c(=O)[nH]c1=O. The third kappa shape index (κ3) is 4.26. The fourth-order valence-corrected chi connectivity index (χ4v) is 5.39. The van der Waals surface area contributed by atoms with Crippen LogP contribution in [0.25, 0.3) is 0 Å². The average molecular weight is 485 g/mol. The number of aromatic nitrogens is 2. The lowest BCUT2D eigenvalue weighted by atomic mass is 9.90. The van der Waals surface area contributed by atoms with Crippen molar-refractivity contribution in [2.24, 2.45) is 0 Å². The zero-order valence-corrected chi connectivity index (χ0v) is 20.2. The Bertz CT molecular complexity index is 1310. The number of carbonyl (C=O) groups excluding carboxylic acids is 1. The van der Waals surface area contributed by atoms with Crippen molar-refractivity contribution in [1.82, 2.24) is 14.5 Å². The van der Waals surface area contributed by atoms with E-state index in [0.29, 0.717) is 37.4 Å². The van der Waals surface area contributed by atoms with Crippen LogP contribution >= 0.6 is 11.3 Å². The summed E-state index contributed by atoms with van der Waals surface area (Å²) in [6, 6.07) is 7.74. The summed E-state index contributed by atoms with van der Waals surface area (Å²) in [6.07, 6.45) is 1.34. The molecule has 2 aromatic heterocycles. The number of hydrogen-bond acceptors (Lipinski definition) is 8. The van der Waals surface area contributed by atoms with Crippen LogP contribution in [-0.2, 0) is 13.0 Å². The normalized spacial score (nSPS) is 15.7. The Hall–Kier alpha value is -3.37. The molecule has 0 bridgehead atoms. The molecule has 1 atom stereocenters. The third-order valence-corrected chi connectivity index (χ3v) is 7.02. The molecule has 3 heterocycles. The Kier molecular flexibility index (Phi) is 6.90. The Balaban J connectivity index is 1.74. The second kappa shape index (κ2) is 9.86. The van der Waals surface area contributed by atoms with Gasteiger partial charge in [0, 0.05) is 18.0 Å². The monoisotopic (exact) mass is 484 g/mol. The van der Waals surface area contributed by atoms with Crippen molar-refractivity contribution in [3.63, 3.8) is 0 Å². The number of Topliss-reactive ketones (excluding diaryl/α,β-unsaturated/α-hetero) is 1. The number of ether oxygens (including phenoxy) is 2. The van der Waals surface area contributed by atoms with Gasteiger partial charge in [-0.15, -0.1) is 11.3 Å². The number of nitrogens with zero attached hydrogens (tertiary/aromatic N) is 2. The number of methoxy groups -OCH3 is 2. The van der Waals surface area contributed by atoms with Gasteiger partial charge in [-0.3, -0.25) is 24.0 Å². The van der Waals surface area contributed by atoms with Gasteiger partial charge in [0.05, 0.1) is 26.8 Å². The highest BCUT2D eigenvalue weighted by molar-refractivity contribution is 7.10. The average Bonchev–Trinajstić information content (AvgIpc) is 3.35. The molecule has 0 saturated carbocycles. The first-order valence-electron chi connectivity index (χ1n) is 11.1. The maximum Gasteiger partial charge on any atom is 0.329 e. The number of aromatic amines is 1. The van der Waals surface area contributed by atoms with Crippen LogP contribution in [0.2, 0.25) is 0 Å². The van der Waals surface area contributed by atoms with Crippen LogP contribution in [0.1, 0.15) is 45.7 Å². The van der Waals surface area contributed by atoms with Gasteiger partial charge in [0.25, 0.3) is 5.56 Å². The molecule has 0 fully saturated rings. The summed E-state index contributed by atoms with van der Waals surface area (Å²) in [5, 5.41) is 1.99. The minimum Gasteiger partial charge on any atom is -0.493 e. The van der Waals surface area contributed by atoms with Gasteiger partial charge < -0.3 is 15.2 Å². The second-order valence-electron chi connectivity index (χ2n) is 8.14. The summed E-state index contributed by atoms with van der Waals surface area (Å²) in [6.45, 7) is 2.79. The molecule has 0 radical (unpaired) electrons. The smallest absolute Gasteiger partial charge is 0.329 e. The minimum absolute atomic E-state index is 0.0199. The minimum atomic E-state index is -0.753. The molecule has 1 aliphatic rings. The maximum absolute atomic E-state index is 13.4. The summed E-state index contributed by atoms with van der Waals surface area (Å²) >= 11 is 1.60. The highest BCUT2D eigenvalue weighted by Gasteiger charge is 2.33. The number of nitrogens with two attached hydrogens (primary N) is 1. The van der Waals surface area contributed by atoms with Gasteiger partial charge in [0.15, 0.2) is 17.3 Å². The van der Waals surface area contributed by atoms with Gasteiger partial charge in [-0.1, -0.05) is 13.0 Å². The molecule has 9 nitrogen and oxygen atoms in total. The fourth-order valence-electron chi connectivity index (χ4n) is 4.51. The number of fused-ring (bicyclic) bond motifs is 1. The topological polar surface area (TPSA) is 120 Å². The molecule has 0 saturated heterocycles. The summed E-state index contributed by atoms with van der Waals surface area (Å²) in [5.41, 5.74) is 6.74. The lowest BCUT2D eigenvalue weighted by Gasteiger charge is -2.37. The first-order chi connectivity index (χ1) is 16.4. The van der Waals surface area contributed by atoms with E-state index in [4.69, 9.17) is 15.2 Å². The highest BCUT2D eigenvalue weighted by Crippen LogP contribution is 2.42. The summed E-state index contributed by atoms with van der Waals surface area (Å²) < 4.78 is 12.2. The Labute approximate surface area is 200 Å². The van der Waals surface area contributed by atoms with Crippen LogP contribution in [0.15, 0.2) is 39.2 Å². The zero-order valence-electron chi connectivity index (χ0n) is 19.4. The van der Waals surface area contributed by atoms with E-state index in [1.54, 1.807) is 25.6 Å². The van der Waals surface area contributed by atoms with Crippen LogP contribution in [0.4, 0.5) is 5.82 Å². The predicted molar refractivity (Wildman–Crippen MR) is 131 cm³/mol. The maximum atomic E-state index is 13.4. The van der Waals surface area contributed by atoms with Gasteiger partial charge >= 0.3 is 5.69 Å². The number of anilines is 1. The number of H-pyrrole nitrogens is 1. The molecule has 0 spiro atoms. The van der Waals surface area contributed by atoms with E-state index in [9.17, 15) is 14.4 Å². The fraction of sp³-hybridized carbons (Fsp3) is 0.375. The third-order valence-electron chi connectivity index (χ3n) is 6.10. The molecule has 1 aliphatic heterocycles. The molecular weight excluding hydrogens is 456 g/mol. The molecule has 0 aliphatic carbocycles. The number of benzene rings is 1. The standard InChI is InChI=1S/C24H28N4O5S/c1-4-8-28-22(25)20(23(30)26-24(28)31)16(29)13-27-9-7-14-11-17(32-2)18(33-3)12-15(14)21(27)19-6-5-10-34-19/h5-6,10-12,21H,4,7-9,13,25H2,1-3H3,(H,26,30,31)/t21-/m0/s1. The predicted octanol–water partition coefficient (Wildman–Crippen LogP) is 2.44. The first kappa shape index (κ1) is 23.8. The van der Waals surface area contributed by atoms with E-state index in [1.165, 1.54) is 4.57 Å². The summed E-state index contributed by atoms with van der Waals surface area (Å²) in [5.74, 6) is 0.766. The summed E-state index contributed by atoms with van der Waals surface area (Å²) in [7, 11) is 3.20. The number of carbonyl (C=O) groups is 1. The molecule has 1 aromatic carbocycles. The van der Waals surface area contributed by atoms with E-state index in [-0.39, 0.29) is 24.0 Å². The van der Waals surface area contributed by atoms with Crippen LogP contribution < -0.4 is 26.5 Å². The van der Waals surface area contributed by atoms with Crippen LogP contribution in [0, 0.1) is 0 Å². The second-order valence-corrected chi connectivity index (χ2v) is 9.12. The van der Waals surface area contributed by atoms with Gasteiger partial charge in [-0.2, -0.15) is 0 Å². The number of ketones is 1. The van der Waals surface area contributed by atoms with Crippen LogP contribution in [-0.4, -0.2) is 47.5 Å². The van der Waals surface area contributed by atoms with Crippen molar-refractivity contribution >= 4 is 22.9 Å². The molecular formula is C24H28N4O5S. The summed E-state index contributed by atoms with van der Waals surface area (Å²) in [4.78, 5) is 43.4. The van der Waals surface area contributed by atoms with Crippen molar-refractivity contribution < 1.29 is 14.3 Å². The number of nitrogen functional groups attached to an aromatic ring is 1. The number of nitrogens with one attached hydrogen (secondary N) is 1. The molecule has 3 aromatic rings. The molecule has 10 heteroatoms. The first-order valence-corrected chi connectivity index (χ1v) is 12.0. The number of hydrogen-bond donors (Lipinski definition) is 2. The Morgan fingerprint density at radius 3 is 2.62 bits per heavy atom. The van der Waals surface area contributed by atoms with Crippen molar-refractivity contribution in [2.75, 3.05) is 33.0 Å². The van der Waals surface area contributed by atoms with Crippen molar-refractivity contribution in [3.8, 4) is 11.5 Å². The molecule has 180 valence electrons. The van der Waals surface area contributed by atoms with Gasteiger partial charge in [0.2, 0.25) is 0 Å². The highest BCUT2D eigenvalue weighted by atomic mass is 32.1. The van der Waals surface area contributed by atoms with Gasteiger partial charge in [0.1, 0.15) is 11.4 Å². The lowest BCUT2D eigenvalue weighted by molar-refractivity contribution is 0.0900. The van der Waals surface area contributed by atoms with E-state index in [2.05, 4.69) is 4.98 Å². The van der Waals surface area contributed by atoms with Crippen molar-refractivity contribution in [2.45, 2.75) is 32.4 Å². The molecule has 3 N–H and O–H groups in total. The number of rotatable bonds is 8. The molecule has 4 rings (SSSR count). The van der Waals surface area contributed by atoms with E-state index >= 15 is 0 Å². The Morgan fingerprint density at radius 2 is 1.97 bits per heavy atom. The van der Waals surface area contributed by atoms with Gasteiger partial charge in [-0.05, 0) is 47.5 Å².